The average molecular weight is 458 g/mol. The second-order valence-electron chi connectivity index (χ2n) is 9.23. The molecule has 8 nitrogen and oxygen atoms in total. The van der Waals surface area contributed by atoms with Gasteiger partial charge in [0.15, 0.2) is 0 Å². The fraction of sp³-hybridized carbons (Fsp3) is 0.600. The summed E-state index contributed by atoms with van der Waals surface area (Å²) in [6.45, 7) is 4.09. The van der Waals surface area contributed by atoms with E-state index in [0.29, 0.717) is 45.3 Å². The van der Waals surface area contributed by atoms with Crippen LogP contribution in [0.2, 0.25) is 0 Å². The summed E-state index contributed by atoms with van der Waals surface area (Å²) in [6, 6.07) is 6.65. The number of hydrogen-bond donors (Lipinski definition) is 2. The summed E-state index contributed by atoms with van der Waals surface area (Å²) >= 11 is 0. The molecule has 0 saturated carbocycles. The van der Waals surface area contributed by atoms with Crippen molar-refractivity contribution in [1.82, 2.24) is 10.2 Å². The molecule has 180 valence electrons. The van der Waals surface area contributed by atoms with Crippen molar-refractivity contribution in [2.75, 3.05) is 51.4 Å². The standard InChI is InChI=1S/C25H35N3O5/c1-32-17-22-5-2-9-28(22)21-6-7-23-20(12-21)14-26-15-24(29)27-10-8-18(13-25(30)31)19(16-27)4-3-11-33-23/h3-4,6-7,12,18-19,22,26H,2,5,8-11,13-17H2,1H3,(H,30,31)/b4-3+/t18-,19-,22-/m0/s1. The quantitative estimate of drug-likeness (QED) is 0.656. The molecule has 1 amide bonds. The van der Waals surface area contributed by atoms with Crippen LogP contribution in [-0.2, 0) is 20.9 Å². The fourth-order valence-corrected chi connectivity index (χ4v) is 5.30. The van der Waals surface area contributed by atoms with Crippen molar-refractivity contribution < 1.29 is 24.2 Å². The second-order valence-corrected chi connectivity index (χ2v) is 9.23. The predicted octanol–water partition coefficient (Wildman–Crippen LogP) is 2.28. The molecular formula is C25H35N3O5. The third-order valence-corrected chi connectivity index (χ3v) is 7.02. The molecule has 0 aliphatic carbocycles. The molecule has 1 aromatic carbocycles. The number of carboxylic acid groups (broad SMARTS) is 1. The van der Waals surface area contributed by atoms with Gasteiger partial charge in [0.25, 0.3) is 0 Å². The monoisotopic (exact) mass is 457 g/mol. The van der Waals surface area contributed by atoms with E-state index in [0.717, 1.165) is 36.4 Å². The Morgan fingerprint density at radius 2 is 2.15 bits per heavy atom. The zero-order chi connectivity index (χ0) is 23.2. The summed E-state index contributed by atoms with van der Waals surface area (Å²) < 4.78 is 11.5. The van der Waals surface area contributed by atoms with Crippen molar-refractivity contribution in [1.29, 1.82) is 0 Å². The highest BCUT2D eigenvalue weighted by atomic mass is 16.5. The van der Waals surface area contributed by atoms with Crippen LogP contribution in [0.3, 0.4) is 0 Å². The van der Waals surface area contributed by atoms with Gasteiger partial charge in [-0.05, 0) is 49.3 Å². The Balaban J connectivity index is 1.52. The Hall–Kier alpha value is -2.58. The maximum absolute atomic E-state index is 12.8. The van der Waals surface area contributed by atoms with Gasteiger partial charge < -0.3 is 29.7 Å². The van der Waals surface area contributed by atoms with Gasteiger partial charge in [-0.3, -0.25) is 9.59 Å². The van der Waals surface area contributed by atoms with E-state index in [1.54, 1.807) is 7.11 Å². The maximum atomic E-state index is 12.8. The predicted molar refractivity (Wildman–Crippen MR) is 125 cm³/mol. The number of benzene rings is 1. The number of hydrogen-bond acceptors (Lipinski definition) is 6. The van der Waals surface area contributed by atoms with E-state index in [4.69, 9.17) is 9.47 Å². The van der Waals surface area contributed by atoms with Crippen LogP contribution in [-0.4, -0.2) is 74.4 Å². The van der Waals surface area contributed by atoms with Crippen molar-refractivity contribution >= 4 is 17.6 Å². The van der Waals surface area contributed by atoms with E-state index in [1.807, 2.05) is 23.1 Å². The third-order valence-electron chi connectivity index (χ3n) is 7.02. The van der Waals surface area contributed by atoms with Crippen molar-refractivity contribution in [3.63, 3.8) is 0 Å². The number of ether oxygens (including phenoxy) is 2. The summed E-state index contributed by atoms with van der Waals surface area (Å²) in [5.41, 5.74) is 2.18. The van der Waals surface area contributed by atoms with Crippen molar-refractivity contribution in [3.05, 3.63) is 35.9 Å². The van der Waals surface area contributed by atoms with Crippen LogP contribution in [0.1, 0.15) is 31.2 Å². The number of nitrogens with one attached hydrogen (secondary N) is 1. The number of fused-ring (bicyclic) bond motifs is 3. The fourth-order valence-electron chi connectivity index (χ4n) is 5.30. The number of piperidine rings is 1. The Morgan fingerprint density at radius 3 is 2.97 bits per heavy atom. The molecule has 4 rings (SSSR count). The highest BCUT2D eigenvalue weighted by Gasteiger charge is 2.31. The number of methoxy groups -OCH3 is 1. The molecule has 8 heteroatoms. The smallest absolute Gasteiger partial charge is 0.303 e. The molecule has 2 saturated heterocycles. The molecule has 0 radical (unpaired) electrons. The summed E-state index contributed by atoms with van der Waals surface area (Å²) in [7, 11) is 1.74. The van der Waals surface area contributed by atoms with E-state index >= 15 is 0 Å². The van der Waals surface area contributed by atoms with Crippen molar-refractivity contribution in [2.24, 2.45) is 11.8 Å². The summed E-state index contributed by atoms with van der Waals surface area (Å²) in [6.07, 6.45) is 7.10. The van der Waals surface area contributed by atoms with E-state index in [9.17, 15) is 14.7 Å². The zero-order valence-corrected chi connectivity index (χ0v) is 19.4. The number of carbonyl (C=O) groups excluding carboxylic acids is 1. The van der Waals surface area contributed by atoms with E-state index < -0.39 is 5.97 Å². The van der Waals surface area contributed by atoms with Crippen molar-refractivity contribution in [3.8, 4) is 5.75 Å². The lowest BCUT2D eigenvalue weighted by Crippen LogP contribution is -2.46. The first kappa shape index (κ1) is 23.6. The minimum absolute atomic E-state index is 0.0258. The molecule has 0 spiro atoms. The number of carbonyl (C=O) groups is 2. The first-order valence-electron chi connectivity index (χ1n) is 11.9. The van der Waals surface area contributed by atoms with Gasteiger partial charge >= 0.3 is 5.97 Å². The molecule has 2 fully saturated rings. The summed E-state index contributed by atoms with van der Waals surface area (Å²) in [4.78, 5) is 28.4. The van der Waals surface area contributed by atoms with Crippen LogP contribution < -0.4 is 15.0 Å². The van der Waals surface area contributed by atoms with E-state index in [2.05, 4.69) is 22.3 Å². The zero-order valence-electron chi connectivity index (χ0n) is 19.4. The number of anilines is 1. The molecule has 33 heavy (non-hydrogen) atoms. The van der Waals surface area contributed by atoms with Crippen LogP contribution >= 0.6 is 0 Å². The molecule has 3 atom stereocenters. The van der Waals surface area contributed by atoms with Crippen LogP contribution in [0, 0.1) is 11.8 Å². The molecule has 0 unspecified atom stereocenters. The van der Waals surface area contributed by atoms with Gasteiger partial charge in [-0.1, -0.05) is 12.2 Å². The first-order chi connectivity index (χ1) is 16.0. The van der Waals surface area contributed by atoms with E-state index in [1.165, 1.54) is 0 Å². The highest BCUT2D eigenvalue weighted by molar-refractivity contribution is 5.78. The van der Waals surface area contributed by atoms with Gasteiger partial charge in [0.1, 0.15) is 12.4 Å². The minimum atomic E-state index is -0.788. The van der Waals surface area contributed by atoms with Gasteiger partial charge in [-0.2, -0.15) is 0 Å². The van der Waals surface area contributed by atoms with Gasteiger partial charge in [-0.25, -0.2) is 0 Å². The van der Waals surface area contributed by atoms with Crippen LogP contribution in [0.5, 0.6) is 5.75 Å². The van der Waals surface area contributed by atoms with Crippen LogP contribution in [0.15, 0.2) is 30.4 Å². The van der Waals surface area contributed by atoms with Gasteiger partial charge in [0.05, 0.1) is 19.2 Å². The Labute approximate surface area is 195 Å². The maximum Gasteiger partial charge on any atom is 0.303 e. The summed E-state index contributed by atoms with van der Waals surface area (Å²) in [5, 5.41) is 12.6. The van der Waals surface area contributed by atoms with E-state index in [-0.39, 0.29) is 30.7 Å². The van der Waals surface area contributed by atoms with Crippen LogP contribution in [0.4, 0.5) is 5.69 Å². The lowest BCUT2D eigenvalue weighted by molar-refractivity contribution is -0.139. The second kappa shape index (κ2) is 11.0. The molecule has 2 N–H and O–H groups in total. The molecule has 3 aliphatic heterocycles. The Bertz CT molecular complexity index is 874. The Morgan fingerprint density at radius 1 is 1.27 bits per heavy atom. The number of rotatable bonds is 5. The molecular weight excluding hydrogens is 422 g/mol. The lowest BCUT2D eigenvalue weighted by atomic mass is 9.83. The number of amides is 1. The van der Waals surface area contributed by atoms with Gasteiger partial charge in [0.2, 0.25) is 5.91 Å². The largest absolute Gasteiger partial charge is 0.489 e. The normalized spacial score (nSPS) is 27.1. The number of nitrogens with zero attached hydrogens (tertiary/aromatic N) is 2. The average Bonchev–Trinajstić information content (AvgIpc) is 3.26. The molecule has 1 aromatic rings. The molecule has 0 aromatic heterocycles. The van der Waals surface area contributed by atoms with Gasteiger partial charge in [0, 0.05) is 51.0 Å². The SMILES string of the molecule is COC[C@@H]1CCCN1c1ccc2c(c1)CNCC(=O)N1CC[C@@H](CC(=O)O)[C@@H](/C=C/CO2)C1. The number of carboxylic acids is 1. The minimum Gasteiger partial charge on any atom is -0.489 e. The summed E-state index contributed by atoms with van der Waals surface area (Å²) in [5.74, 6) is 0.133. The molecule has 3 heterocycles. The molecule has 2 bridgehead atoms. The topological polar surface area (TPSA) is 91.3 Å². The molecule has 3 aliphatic rings. The lowest BCUT2D eigenvalue weighted by Gasteiger charge is -2.37. The first-order valence-corrected chi connectivity index (χ1v) is 11.9. The van der Waals surface area contributed by atoms with Crippen LogP contribution in [0.25, 0.3) is 0 Å². The van der Waals surface area contributed by atoms with Crippen molar-refractivity contribution in [2.45, 2.75) is 38.3 Å². The number of aliphatic carboxylic acids is 1. The Kier molecular flexibility index (Phi) is 7.88. The van der Waals surface area contributed by atoms with Gasteiger partial charge in [-0.15, -0.1) is 0 Å². The highest BCUT2D eigenvalue weighted by Crippen LogP contribution is 2.31. The third kappa shape index (κ3) is 5.86.